The van der Waals surface area contributed by atoms with Gasteiger partial charge < -0.3 is 9.47 Å². The van der Waals surface area contributed by atoms with Gasteiger partial charge in [-0.2, -0.15) is 5.06 Å². The largest absolute Gasteiger partial charge is 0.389 e. The third kappa shape index (κ3) is 5.43. The Labute approximate surface area is 166 Å². The third-order valence-electron chi connectivity index (χ3n) is 4.93. The highest BCUT2D eigenvalue weighted by Crippen LogP contribution is 2.31. The lowest BCUT2D eigenvalue weighted by Crippen LogP contribution is -2.45. The van der Waals surface area contributed by atoms with E-state index in [0.29, 0.717) is 44.2 Å². The highest BCUT2D eigenvalue weighted by atomic mass is 35.5. The average molecular weight is 395 g/mol. The molecule has 0 amide bonds. The van der Waals surface area contributed by atoms with Gasteiger partial charge in [0.15, 0.2) is 0 Å². The Morgan fingerprint density at radius 1 is 1.26 bits per heavy atom. The van der Waals surface area contributed by atoms with E-state index in [2.05, 4.69) is 4.85 Å². The normalized spacial score (nSPS) is 16.7. The van der Waals surface area contributed by atoms with E-state index < -0.39 is 11.7 Å². The molecule has 2 rings (SSSR count). The fraction of sp³-hybridized carbons (Fsp3) is 0.600. The number of esters is 1. The number of rotatable bonds is 7. The van der Waals surface area contributed by atoms with Gasteiger partial charge in [0.25, 0.3) is 0 Å². The van der Waals surface area contributed by atoms with Crippen LogP contribution in [0.25, 0.3) is 4.85 Å². The van der Waals surface area contributed by atoms with Gasteiger partial charge in [0, 0.05) is 25.2 Å². The highest BCUT2D eigenvalue weighted by Gasteiger charge is 2.45. The Kier molecular flexibility index (Phi) is 7.63. The summed E-state index contributed by atoms with van der Waals surface area (Å²) in [5.41, 5.74) is 2.64. The number of benzene rings is 1. The molecule has 0 spiro atoms. The van der Waals surface area contributed by atoms with Crippen molar-refractivity contribution in [2.75, 3.05) is 33.4 Å². The topological polar surface area (TPSA) is 52.4 Å². The molecule has 1 aromatic carbocycles. The molecule has 1 heterocycles. The SMILES string of the molecule is [C-]#[N+]C1(OC(=O)Cc2c(C)cc(C)c(Cl)c2C)CCN(OCCOC)CC1. The van der Waals surface area contributed by atoms with Crippen LogP contribution < -0.4 is 0 Å². The van der Waals surface area contributed by atoms with Crippen LogP contribution in [0.2, 0.25) is 5.02 Å². The van der Waals surface area contributed by atoms with Crippen LogP contribution in [0.3, 0.4) is 0 Å². The maximum atomic E-state index is 12.6. The summed E-state index contributed by atoms with van der Waals surface area (Å²) in [5.74, 6) is -0.397. The minimum absolute atomic E-state index is 0.114. The number of nitrogens with zero attached hydrogens (tertiary/aromatic N) is 2. The van der Waals surface area contributed by atoms with Crippen molar-refractivity contribution in [1.82, 2.24) is 5.06 Å². The number of aryl methyl sites for hydroxylation is 2. The number of piperidine rings is 1. The maximum Gasteiger partial charge on any atom is 0.380 e. The van der Waals surface area contributed by atoms with Crippen molar-refractivity contribution < 1.29 is 19.1 Å². The van der Waals surface area contributed by atoms with E-state index in [9.17, 15) is 4.79 Å². The van der Waals surface area contributed by atoms with Crippen LogP contribution >= 0.6 is 11.6 Å². The zero-order valence-electron chi connectivity index (χ0n) is 16.4. The summed E-state index contributed by atoms with van der Waals surface area (Å²) in [5, 5.41) is 2.47. The number of hydrogen-bond acceptors (Lipinski definition) is 5. The molecule has 0 aliphatic carbocycles. The zero-order chi connectivity index (χ0) is 20.0. The van der Waals surface area contributed by atoms with Crippen LogP contribution in [-0.2, 0) is 25.5 Å². The summed E-state index contributed by atoms with van der Waals surface area (Å²) in [6, 6.07) is 1.97. The second-order valence-electron chi connectivity index (χ2n) is 6.89. The lowest BCUT2D eigenvalue weighted by atomic mass is 9.97. The minimum atomic E-state index is -1.12. The van der Waals surface area contributed by atoms with Crippen LogP contribution in [0.1, 0.15) is 35.1 Å². The Bertz CT molecular complexity index is 722. The molecule has 0 unspecified atom stereocenters. The number of ether oxygens (including phenoxy) is 2. The first-order chi connectivity index (χ1) is 12.8. The first-order valence-corrected chi connectivity index (χ1v) is 9.42. The van der Waals surface area contributed by atoms with Crippen LogP contribution in [0, 0.1) is 27.3 Å². The van der Waals surface area contributed by atoms with Crippen molar-refractivity contribution in [3.8, 4) is 0 Å². The number of halogens is 1. The molecule has 0 bridgehead atoms. The molecule has 0 atom stereocenters. The van der Waals surface area contributed by atoms with Gasteiger partial charge in [-0.05, 0) is 43.0 Å². The lowest BCUT2D eigenvalue weighted by Gasteiger charge is -2.32. The smallest absolute Gasteiger partial charge is 0.380 e. The maximum absolute atomic E-state index is 12.6. The average Bonchev–Trinajstić information content (AvgIpc) is 2.65. The predicted molar refractivity (Wildman–Crippen MR) is 103 cm³/mol. The van der Waals surface area contributed by atoms with Gasteiger partial charge in [0.2, 0.25) is 0 Å². The molecule has 0 saturated carbocycles. The van der Waals surface area contributed by atoms with Gasteiger partial charge >= 0.3 is 11.7 Å². The summed E-state index contributed by atoms with van der Waals surface area (Å²) < 4.78 is 10.6. The van der Waals surface area contributed by atoms with Crippen molar-refractivity contribution in [3.05, 3.63) is 44.8 Å². The van der Waals surface area contributed by atoms with Crippen LogP contribution in [-0.4, -0.2) is 50.2 Å². The second kappa shape index (κ2) is 9.52. The van der Waals surface area contributed by atoms with Gasteiger partial charge in [0.1, 0.15) is 0 Å². The Balaban J connectivity index is 1.99. The monoisotopic (exact) mass is 394 g/mol. The Hall–Kier alpha value is -1.65. The molecular weight excluding hydrogens is 368 g/mol. The minimum Gasteiger partial charge on any atom is -0.389 e. The van der Waals surface area contributed by atoms with Crippen molar-refractivity contribution in [2.24, 2.45) is 0 Å². The molecular formula is C20H27ClN2O4. The second-order valence-corrected chi connectivity index (χ2v) is 7.27. The molecule has 1 aliphatic rings. The summed E-state index contributed by atoms with van der Waals surface area (Å²) >= 11 is 6.32. The van der Waals surface area contributed by atoms with E-state index in [0.717, 1.165) is 22.3 Å². The van der Waals surface area contributed by atoms with Gasteiger partial charge in [0.05, 0.1) is 32.5 Å². The summed E-state index contributed by atoms with van der Waals surface area (Å²) in [4.78, 5) is 21.8. The summed E-state index contributed by atoms with van der Waals surface area (Å²) in [6.45, 7) is 15.4. The molecule has 27 heavy (non-hydrogen) atoms. The van der Waals surface area contributed by atoms with E-state index >= 15 is 0 Å². The van der Waals surface area contributed by atoms with Gasteiger partial charge in [-0.25, -0.2) is 6.57 Å². The van der Waals surface area contributed by atoms with E-state index in [1.165, 1.54) is 0 Å². The Morgan fingerprint density at radius 2 is 1.93 bits per heavy atom. The molecule has 1 aliphatic heterocycles. The molecule has 1 fully saturated rings. The van der Waals surface area contributed by atoms with E-state index in [-0.39, 0.29) is 6.42 Å². The first-order valence-electron chi connectivity index (χ1n) is 9.04. The number of carbonyl (C=O) groups is 1. The quantitative estimate of drug-likeness (QED) is 0.401. The predicted octanol–water partition coefficient (Wildman–Crippen LogP) is 3.64. The summed E-state index contributed by atoms with van der Waals surface area (Å²) in [6.07, 6.45) is 0.951. The van der Waals surface area contributed by atoms with Crippen molar-refractivity contribution in [1.29, 1.82) is 0 Å². The first kappa shape index (κ1) is 21.6. The molecule has 0 aromatic heterocycles. The molecule has 1 saturated heterocycles. The van der Waals surface area contributed by atoms with Crippen molar-refractivity contribution in [3.63, 3.8) is 0 Å². The highest BCUT2D eigenvalue weighted by molar-refractivity contribution is 6.32. The number of hydroxylamine groups is 2. The molecule has 0 radical (unpaired) electrons. The fourth-order valence-electron chi connectivity index (χ4n) is 3.31. The Morgan fingerprint density at radius 3 is 2.52 bits per heavy atom. The lowest BCUT2D eigenvalue weighted by molar-refractivity contribution is -0.202. The molecule has 1 aromatic rings. The van der Waals surface area contributed by atoms with Crippen molar-refractivity contribution >= 4 is 17.6 Å². The molecule has 0 N–H and O–H groups in total. The zero-order valence-corrected chi connectivity index (χ0v) is 17.2. The van der Waals surface area contributed by atoms with Crippen LogP contribution in [0.4, 0.5) is 0 Å². The number of hydrogen-bond donors (Lipinski definition) is 0. The molecule has 7 heteroatoms. The van der Waals surface area contributed by atoms with Gasteiger partial charge in [-0.3, -0.25) is 14.5 Å². The van der Waals surface area contributed by atoms with Crippen LogP contribution in [0.5, 0.6) is 0 Å². The van der Waals surface area contributed by atoms with Crippen LogP contribution in [0.15, 0.2) is 6.07 Å². The van der Waals surface area contributed by atoms with Gasteiger partial charge in [-0.15, -0.1) is 0 Å². The van der Waals surface area contributed by atoms with E-state index in [4.69, 9.17) is 32.5 Å². The number of carbonyl (C=O) groups excluding carboxylic acids is 1. The van der Waals surface area contributed by atoms with E-state index in [1.54, 1.807) is 12.2 Å². The fourth-order valence-corrected chi connectivity index (χ4v) is 3.48. The molecule has 6 nitrogen and oxygen atoms in total. The standard InChI is InChI=1S/C20H27ClN2O4/c1-14-12-15(2)19(21)16(3)17(14)13-18(24)27-20(22-4)6-8-23(9-7-20)26-11-10-25-5/h12H,6-11,13H2,1-3,5H3. The number of methoxy groups -OCH3 is 1. The van der Waals surface area contributed by atoms with Gasteiger partial charge in [-0.1, -0.05) is 17.7 Å². The molecule has 148 valence electrons. The van der Waals surface area contributed by atoms with E-state index in [1.807, 2.05) is 26.8 Å². The third-order valence-corrected chi connectivity index (χ3v) is 5.51. The van der Waals surface area contributed by atoms with Crippen molar-refractivity contribution in [2.45, 2.75) is 45.8 Å². The summed E-state index contributed by atoms with van der Waals surface area (Å²) in [7, 11) is 1.62.